The molecule has 0 fully saturated rings. The molecule has 0 aromatic heterocycles. The van der Waals surface area contributed by atoms with Gasteiger partial charge in [0.1, 0.15) is 0 Å². The molecule has 20 heavy (non-hydrogen) atoms. The fraction of sp³-hybridized carbons (Fsp3) is 0.562. The van der Waals surface area contributed by atoms with Crippen LogP contribution in [0, 0.1) is 0 Å². The normalized spacial score (nSPS) is 11.9. The standard InChI is InChI=1S/C16H24O4/c1-4-8-12(11-15(17)18)13-9-7-10-14(19-5-2)16(13)20-6-3/h7,9-10,12H,4-6,8,11H2,1-3H3,(H,17,18). The van der Waals surface area contributed by atoms with Gasteiger partial charge < -0.3 is 14.6 Å². The van der Waals surface area contributed by atoms with Gasteiger partial charge in [-0.25, -0.2) is 0 Å². The number of benzene rings is 1. The lowest BCUT2D eigenvalue weighted by atomic mass is 9.90. The highest BCUT2D eigenvalue weighted by Crippen LogP contribution is 2.39. The lowest BCUT2D eigenvalue weighted by Crippen LogP contribution is -2.09. The van der Waals surface area contributed by atoms with Gasteiger partial charge in [-0.2, -0.15) is 0 Å². The average Bonchev–Trinajstić information content (AvgIpc) is 2.40. The molecule has 0 spiro atoms. The molecule has 0 aliphatic heterocycles. The first-order valence-electron chi connectivity index (χ1n) is 7.24. The number of carbonyl (C=O) groups is 1. The van der Waals surface area contributed by atoms with Crippen LogP contribution in [0.3, 0.4) is 0 Å². The first-order chi connectivity index (χ1) is 9.63. The van der Waals surface area contributed by atoms with E-state index in [-0.39, 0.29) is 12.3 Å². The predicted octanol–water partition coefficient (Wildman–Crippen LogP) is 3.84. The number of carboxylic acid groups (broad SMARTS) is 1. The Morgan fingerprint density at radius 2 is 1.90 bits per heavy atom. The summed E-state index contributed by atoms with van der Waals surface area (Å²) in [6, 6.07) is 5.70. The van der Waals surface area contributed by atoms with Crippen LogP contribution in [0.2, 0.25) is 0 Å². The highest BCUT2D eigenvalue weighted by molar-refractivity contribution is 5.68. The molecular formula is C16H24O4. The Bertz CT molecular complexity index is 428. The zero-order valence-corrected chi connectivity index (χ0v) is 12.5. The SMILES string of the molecule is CCCC(CC(=O)O)c1cccc(OCC)c1OCC. The third-order valence-electron chi connectivity index (χ3n) is 3.10. The number of para-hydroxylation sites is 1. The molecule has 0 aliphatic rings. The first kappa shape index (κ1) is 16.3. The fourth-order valence-electron chi connectivity index (χ4n) is 2.35. The summed E-state index contributed by atoms with van der Waals surface area (Å²) in [5.41, 5.74) is 0.932. The number of hydrogen-bond acceptors (Lipinski definition) is 3. The highest BCUT2D eigenvalue weighted by Gasteiger charge is 2.21. The van der Waals surface area contributed by atoms with Crippen LogP contribution >= 0.6 is 0 Å². The van der Waals surface area contributed by atoms with E-state index in [0.717, 1.165) is 18.4 Å². The summed E-state index contributed by atoms with van der Waals surface area (Å²) in [6.07, 6.45) is 1.87. The van der Waals surface area contributed by atoms with Gasteiger partial charge in [-0.05, 0) is 32.3 Å². The van der Waals surface area contributed by atoms with Crippen LogP contribution in [0.1, 0.15) is 51.5 Å². The van der Waals surface area contributed by atoms with Crippen molar-refractivity contribution in [1.29, 1.82) is 0 Å². The van der Waals surface area contributed by atoms with E-state index >= 15 is 0 Å². The van der Waals surface area contributed by atoms with E-state index in [9.17, 15) is 4.79 Å². The van der Waals surface area contributed by atoms with Crippen molar-refractivity contribution >= 4 is 5.97 Å². The molecule has 0 bridgehead atoms. The van der Waals surface area contributed by atoms with Gasteiger partial charge in [-0.3, -0.25) is 4.79 Å². The van der Waals surface area contributed by atoms with Crippen LogP contribution in [0.15, 0.2) is 18.2 Å². The third kappa shape index (κ3) is 4.44. The Kier molecular flexibility index (Phi) is 6.91. The minimum atomic E-state index is -0.785. The van der Waals surface area contributed by atoms with Gasteiger partial charge in [0.15, 0.2) is 11.5 Å². The summed E-state index contributed by atoms with van der Waals surface area (Å²) in [7, 11) is 0. The maximum absolute atomic E-state index is 11.1. The van der Waals surface area contributed by atoms with Gasteiger partial charge in [-0.15, -0.1) is 0 Å². The molecule has 112 valence electrons. The second-order valence-electron chi connectivity index (χ2n) is 4.62. The summed E-state index contributed by atoms with van der Waals surface area (Å²) in [6.45, 7) is 6.98. The quantitative estimate of drug-likeness (QED) is 0.746. The van der Waals surface area contributed by atoms with Crippen molar-refractivity contribution in [3.8, 4) is 11.5 Å². The van der Waals surface area contributed by atoms with Crippen LogP contribution in [-0.4, -0.2) is 24.3 Å². The van der Waals surface area contributed by atoms with Crippen LogP contribution < -0.4 is 9.47 Å². The molecular weight excluding hydrogens is 256 g/mol. The van der Waals surface area contributed by atoms with Crippen molar-refractivity contribution in [2.24, 2.45) is 0 Å². The van der Waals surface area contributed by atoms with Gasteiger partial charge in [0.25, 0.3) is 0 Å². The molecule has 4 heteroatoms. The number of carboxylic acids is 1. The van der Waals surface area contributed by atoms with Crippen molar-refractivity contribution in [2.75, 3.05) is 13.2 Å². The third-order valence-corrected chi connectivity index (χ3v) is 3.10. The first-order valence-corrected chi connectivity index (χ1v) is 7.24. The lowest BCUT2D eigenvalue weighted by molar-refractivity contribution is -0.137. The lowest BCUT2D eigenvalue weighted by Gasteiger charge is -2.20. The van der Waals surface area contributed by atoms with Gasteiger partial charge >= 0.3 is 5.97 Å². The van der Waals surface area contributed by atoms with Crippen molar-refractivity contribution in [3.05, 3.63) is 23.8 Å². The Morgan fingerprint density at radius 1 is 1.20 bits per heavy atom. The largest absolute Gasteiger partial charge is 0.490 e. The molecule has 0 heterocycles. The maximum atomic E-state index is 11.1. The molecule has 0 aliphatic carbocycles. The van der Waals surface area contributed by atoms with Gasteiger partial charge in [0.05, 0.1) is 19.6 Å². The second-order valence-corrected chi connectivity index (χ2v) is 4.62. The molecule has 1 rings (SSSR count). The van der Waals surface area contributed by atoms with Crippen LogP contribution in [0.25, 0.3) is 0 Å². The average molecular weight is 280 g/mol. The molecule has 0 saturated carbocycles. The smallest absolute Gasteiger partial charge is 0.303 e. The van der Waals surface area contributed by atoms with Crippen molar-refractivity contribution in [2.45, 2.75) is 46.0 Å². The van der Waals surface area contributed by atoms with Crippen molar-refractivity contribution in [3.63, 3.8) is 0 Å². The monoisotopic (exact) mass is 280 g/mol. The van der Waals surface area contributed by atoms with Gasteiger partial charge in [0, 0.05) is 5.56 Å². The highest BCUT2D eigenvalue weighted by atomic mass is 16.5. The summed E-state index contributed by atoms with van der Waals surface area (Å²) >= 11 is 0. The number of hydrogen-bond donors (Lipinski definition) is 1. The van der Waals surface area contributed by atoms with E-state index in [2.05, 4.69) is 6.92 Å². The van der Waals surface area contributed by atoms with E-state index in [1.165, 1.54) is 0 Å². The molecule has 1 atom stereocenters. The van der Waals surface area contributed by atoms with Crippen LogP contribution in [0.5, 0.6) is 11.5 Å². The Hall–Kier alpha value is -1.71. The molecule has 1 aromatic rings. The zero-order chi connectivity index (χ0) is 15.0. The van der Waals surface area contributed by atoms with E-state index in [0.29, 0.717) is 24.7 Å². The molecule has 0 amide bonds. The second kappa shape index (κ2) is 8.46. The van der Waals surface area contributed by atoms with E-state index in [4.69, 9.17) is 14.6 Å². The molecule has 0 saturated heterocycles. The minimum Gasteiger partial charge on any atom is -0.490 e. The number of aliphatic carboxylic acids is 1. The molecule has 1 unspecified atom stereocenters. The molecule has 1 N–H and O–H groups in total. The Balaban J connectivity index is 3.16. The fourth-order valence-corrected chi connectivity index (χ4v) is 2.35. The van der Waals surface area contributed by atoms with Gasteiger partial charge in [0.2, 0.25) is 0 Å². The van der Waals surface area contributed by atoms with Crippen molar-refractivity contribution in [1.82, 2.24) is 0 Å². The Labute approximate surface area is 120 Å². The zero-order valence-electron chi connectivity index (χ0n) is 12.5. The Morgan fingerprint density at radius 3 is 2.45 bits per heavy atom. The number of ether oxygens (including phenoxy) is 2. The van der Waals surface area contributed by atoms with E-state index in [1.807, 2.05) is 32.0 Å². The maximum Gasteiger partial charge on any atom is 0.303 e. The molecule has 4 nitrogen and oxygen atoms in total. The predicted molar refractivity (Wildman–Crippen MR) is 78.7 cm³/mol. The minimum absolute atomic E-state index is 0.0422. The van der Waals surface area contributed by atoms with Crippen molar-refractivity contribution < 1.29 is 19.4 Å². The topological polar surface area (TPSA) is 55.8 Å². The molecule has 1 aromatic carbocycles. The number of rotatable bonds is 9. The summed E-state index contributed by atoms with van der Waals surface area (Å²) in [4.78, 5) is 11.1. The summed E-state index contributed by atoms with van der Waals surface area (Å²) < 4.78 is 11.3. The van der Waals surface area contributed by atoms with Gasteiger partial charge in [-0.1, -0.05) is 25.5 Å². The van der Waals surface area contributed by atoms with Crippen LogP contribution in [0.4, 0.5) is 0 Å². The van der Waals surface area contributed by atoms with E-state index < -0.39 is 5.97 Å². The van der Waals surface area contributed by atoms with E-state index in [1.54, 1.807) is 0 Å². The summed E-state index contributed by atoms with van der Waals surface area (Å²) in [5, 5.41) is 9.09. The van der Waals surface area contributed by atoms with Crippen LogP contribution in [-0.2, 0) is 4.79 Å². The summed E-state index contributed by atoms with van der Waals surface area (Å²) in [5.74, 6) is 0.557. The molecule has 0 radical (unpaired) electrons.